The number of aldehydes is 1. The molecule has 0 saturated carbocycles. The lowest BCUT2D eigenvalue weighted by Crippen LogP contribution is -2.52. The van der Waals surface area contributed by atoms with Gasteiger partial charge in [-0.2, -0.15) is 0 Å². The largest absolute Gasteiger partial charge is 0.493 e. The van der Waals surface area contributed by atoms with Gasteiger partial charge < -0.3 is 28.6 Å². The minimum atomic E-state index is -0.959. The summed E-state index contributed by atoms with van der Waals surface area (Å²) in [5.41, 5.74) is 0.787. The van der Waals surface area contributed by atoms with Crippen molar-refractivity contribution in [2.45, 2.75) is 45.4 Å². The number of rotatable bonds is 11. The molecule has 196 valence electrons. The van der Waals surface area contributed by atoms with E-state index in [1.165, 1.54) is 31.1 Å². The molecule has 0 fully saturated rings. The zero-order chi connectivity index (χ0) is 26.9. The van der Waals surface area contributed by atoms with Crippen LogP contribution in [0.15, 0.2) is 42.5 Å². The number of hydrogen-bond donors (Lipinski definition) is 0. The Balaban J connectivity index is 2.41. The molecule has 36 heavy (non-hydrogen) atoms. The Hall–Kier alpha value is -3.75. The zero-order valence-electron chi connectivity index (χ0n) is 22.1. The van der Waals surface area contributed by atoms with Crippen molar-refractivity contribution in [2.24, 2.45) is 0 Å². The van der Waals surface area contributed by atoms with E-state index in [0.29, 0.717) is 23.5 Å². The Morgan fingerprint density at radius 3 is 2.00 bits per heavy atom. The summed E-state index contributed by atoms with van der Waals surface area (Å²) in [5.74, 6) is 1.02. The quantitative estimate of drug-likeness (QED) is 0.434. The van der Waals surface area contributed by atoms with E-state index in [9.17, 15) is 14.4 Å². The normalized spacial score (nSPS) is 11.8. The van der Waals surface area contributed by atoms with Crippen LogP contribution in [0.2, 0.25) is 0 Å². The molecular formula is C27H36N2O7. The summed E-state index contributed by atoms with van der Waals surface area (Å²) < 4.78 is 21.7. The van der Waals surface area contributed by atoms with Crippen molar-refractivity contribution in [1.82, 2.24) is 9.80 Å². The molecule has 0 radical (unpaired) electrons. The summed E-state index contributed by atoms with van der Waals surface area (Å²) in [5, 5.41) is 0. The maximum atomic E-state index is 13.7. The van der Waals surface area contributed by atoms with Gasteiger partial charge in [0.25, 0.3) is 0 Å². The van der Waals surface area contributed by atoms with E-state index < -0.39 is 17.7 Å². The summed E-state index contributed by atoms with van der Waals surface area (Å²) >= 11 is 0. The van der Waals surface area contributed by atoms with Crippen LogP contribution in [0.3, 0.4) is 0 Å². The average molecular weight is 501 g/mol. The minimum Gasteiger partial charge on any atom is -0.493 e. The van der Waals surface area contributed by atoms with Crippen molar-refractivity contribution in [3.63, 3.8) is 0 Å². The van der Waals surface area contributed by atoms with Crippen molar-refractivity contribution < 1.29 is 33.3 Å². The lowest BCUT2D eigenvalue weighted by atomic mass is 10.0. The Bertz CT molecular complexity index is 1010. The number of hydrogen-bond acceptors (Lipinski definition) is 7. The molecule has 2 rings (SSSR count). The van der Waals surface area contributed by atoms with Crippen LogP contribution in [0.1, 0.15) is 31.9 Å². The maximum absolute atomic E-state index is 13.7. The molecule has 0 bridgehead atoms. The second-order valence-electron chi connectivity index (χ2n) is 9.23. The predicted octanol–water partition coefficient (Wildman–Crippen LogP) is 3.72. The fraction of sp³-hybridized carbons (Fsp3) is 0.444. The van der Waals surface area contributed by atoms with Gasteiger partial charge in [-0.15, -0.1) is 0 Å². The Labute approximate surface area is 212 Å². The molecule has 1 atom stereocenters. The van der Waals surface area contributed by atoms with Gasteiger partial charge in [-0.25, -0.2) is 4.79 Å². The molecule has 2 aromatic carbocycles. The second kappa shape index (κ2) is 12.8. The van der Waals surface area contributed by atoms with Crippen LogP contribution in [0.4, 0.5) is 4.79 Å². The molecule has 0 aliphatic carbocycles. The first-order chi connectivity index (χ1) is 17.0. The van der Waals surface area contributed by atoms with E-state index in [1.54, 1.807) is 40.0 Å². The van der Waals surface area contributed by atoms with Crippen LogP contribution >= 0.6 is 0 Å². The van der Waals surface area contributed by atoms with E-state index in [-0.39, 0.29) is 25.4 Å². The Morgan fingerprint density at radius 2 is 1.53 bits per heavy atom. The maximum Gasteiger partial charge on any atom is 0.411 e. The Kier molecular flexibility index (Phi) is 10.1. The number of carbonyl (C=O) groups excluding carboxylic acids is 3. The third kappa shape index (κ3) is 7.63. The number of benzene rings is 2. The molecule has 1 unspecified atom stereocenters. The summed E-state index contributed by atoms with van der Waals surface area (Å²) in [6.45, 7) is 5.11. The number of likely N-dealkylation sites (N-methyl/N-ethyl adjacent to an activating group) is 1. The highest BCUT2D eigenvalue weighted by Gasteiger charge is 2.34. The number of ether oxygens (including phenoxy) is 4. The summed E-state index contributed by atoms with van der Waals surface area (Å²) in [4.78, 5) is 41.0. The molecular weight excluding hydrogens is 464 g/mol. The van der Waals surface area contributed by atoms with Gasteiger partial charge in [0.15, 0.2) is 11.5 Å². The number of nitrogens with zero attached hydrogens (tertiary/aromatic N) is 2. The first kappa shape index (κ1) is 28.5. The van der Waals surface area contributed by atoms with E-state index in [1.807, 2.05) is 30.3 Å². The molecule has 0 aromatic heterocycles. The van der Waals surface area contributed by atoms with Crippen molar-refractivity contribution in [2.75, 3.05) is 34.9 Å². The number of methoxy groups -OCH3 is 3. The van der Waals surface area contributed by atoms with Gasteiger partial charge in [-0.1, -0.05) is 30.3 Å². The van der Waals surface area contributed by atoms with Crippen LogP contribution < -0.4 is 14.2 Å². The van der Waals surface area contributed by atoms with Gasteiger partial charge in [-0.3, -0.25) is 9.69 Å². The first-order valence-corrected chi connectivity index (χ1v) is 11.6. The van der Waals surface area contributed by atoms with E-state index in [4.69, 9.17) is 18.9 Å². The topological polar surface area (TPSA) is 94.6 Å². The van der Waals surface area contributed by atoms with Crippen LogP contribution in [-0.4, -0.2) is 74.7 Å². The lowest BCUT2D eigenvalue weighted by molar-refractivity contribution is -0.136. The molecule has 2 aromatic rings. The van der Waals surface area contributed by atoms with Crippen LogP contribution in [0.5, 0.6) is 17.2 Å². The summed E-state index contributed by atoms with van der Waals surface area (Å²) in [7, 11) is 6.19. The van der Waals surface area contributed by atoms with Crippen molar-refractivity contribution >= 4 is 18.3 Å². The monoisotopic (exact) mass is 500 g/mol. The molecule has 2 amide bonds. The molecule has 0 spiro atoms. The molecule has 0 N–H and O–H groups in total. The molecule has 0 heterocycles. The third-order valence-corrected chi connectivity index (χ3v) is 5.35. The van der Waals surface area contributed by atoms with Crippen molar-refractivity contribution in [3.8, 4) is 17.2 Å². The molecule has 0 aliphatic heterocycles. The average Bonchev–Trinajstić information content (AvgIpc) is 2.84. The fourth-order valence-corrected chi connectivity index (χ4v) is 3.73. The van der Waals surface area contributed by atoms with Gasteiger partial charge >= 0.3 is 6.09 Å². The van der Waals surface area contributed by atoms with Gasteiger partial charge in [0.1, 0.15) is 17.9 Å². The molecule has 0 aliphatic rings. The molecule has 0 saturated heterocycles. The molecule has 9 heteroatoms. The SMILES string of the molecule is COc1cc(CN(C)C(=O)C(Cc2ccccc2)N(CC=O)C(=O)OC(C)(C)C)cc(OC)c1OC. The van der Waals surface area contributed by atoms with E-state index in [0.717, 1.165) is 11.1 Å². The zero-order valence-corrected chi connectivity index (χ0v) is 22.1. The van der Waals surface area contributed by atoms with Crippen molar-refractivity contribution in [1.29, 1.82) is 0 Å². The van der Waals surface area contributed by atoms with Gasteiger partial charge in [0.05, 0.1) is 27.9 Å². The van der Waals surface area contributed by atoms with Gasteiger partial charge in [-0.05, 0) is 44.0 Å². The first-order valence-electron chi connectivity index (χ1n) is 11.6. The smallest absolute Gasteiger partial charge is 0.411 e. The minimum absolute atomic E-state index is 0.198. The summed E-state index contributed by atoms with van der Waals surface area (Å²) in [6, 6.07) is 11.9. The Morgan fingerprint density at radius 1 is 0.944 bits per heavy atom. The van der Waals surface area contributed by atoms with Gasteiger partial charge in [0, 0.05) is 20.0 Å². The van der Waals surface area contributed by atoms with Crippen molar-refractivity contribution in [3.05, 3.63) is 53.6 Å². The second-order valence-corrected chi connectivity index (χ2v) is 9.23. The number of carbonyl (C=O) groups is 3. The summed E-state index contributed by atoms with van der Waals surface area (Å²) in [6.07, 6.45) is 0.0749. The lowest BCUT2D eigenvalue weighted by Gasteiger charge is -2.34. The van der Waals surface area contributed by atoms with Crippen LogP contribution in [-0.2, 0) is 27.3 Å². The van der Waals surface area contributed by atoms with E-state index in [2.05, 4.69) is 0 Å². The fourth-order valence-electron chi connectivity index (χ4n) is 3.73. The van der Waals surface area contributed by atoms with E-state index >= 15 is 0 Å². The highest BCUT2D eigenvalue weighted by Crippen LogP contribution is 2.38. The van der Waals surface area contributed by atoms with Gasteiger partial charge in [0.2, 0.25) is 11.7 Å². The highest BCUT2D eigenvalue weighted by molar-refractivity contribution is 5.87. The highest BCUT2D eigenvalue weighted by atomic mass is 16.6. The number of amides is 2. The van der Waals surface area contributed by atoms with Crippen LogP contribution in [0.25, 0.3) is 0 Å². The van der Waals surface area contributed by atoms with Crippen LogP contribution in [0, 0.1) is 0 Å². The molecule has 9 nitrogen and oxygen atoms in total. The standard InChI is InChI=1S/C27H36N2O7/c1-27(2,3)36-26(32)29(13-14-30)21(15-19-11-9-8-10-12-19)25(31)28(4)18-20-16-22(33-5)24(35-7)23(17-20)34-6/h8-12,14,16-17,21H,13,15,18H2,1-7H3. The third-order valence-electron chi connectivity index (χ3n) is 5.35. The predicted molar refractivity (Wildman–Crippen MR) is 136 cm³/mol.